The largest absolute Gasteiger partial charge is 0.352 e. The maximum Gasteiger partial charge on any atom is 0.244 e. The third-order valence-electron chi connectivity index (χ3n) is 5.58. The number of amides is 2. The lowest BCUT2D eigenvalue weighted by Gasteiger charge is -2.34. The summed E-state index contributed by atoms with van der Waals surface area (Å²) < 4.78 is 26.9. The Morgan fingerprint density at radius 1 is 1.03 bits per heavy atom. The van der Waals surface area contributed by atoms with Crippen molar-refractivity contribution in [2.24, 2.45) is 0 Å². The first-order valence-electron chi connectivity index (χ1n) is 11.2. The van der Waals surface area contributed by atoms with Crippen molar-refractivity contribution >= 4 is 66.7 Å². The van der Waals surface area contributed by atoms with Crippen LogP contribution >= 0.6 is 39.1 Å². The SMILES string of the molecule is CC[C@@H](C)NC(=O)[C@@H](CC)N(Cc1c(Cl)cccc1Cl)C(=O)CN(c1ccccc1Br)S(C)(=O)=O. The lowest BCUT2D eigenvalue weighted by atomic mass is 10.1. The van der Waals surface area contributed by atoms with Crippen molar-refractivity contribution in [3.8, 4) is 0 Å². The maximum absolute atomic E-state index is 13.7. The molecule has 0 heterocycles. The summed E-state index contributed by atoms with van der Waals surface area (Å²) in [6, 6.07) is 10.7. The number of rotatable bonds is 11. The Hall–Kier alpha value is -1.81. The summed E-state index contributed by atoms with van der Waals surface area (Å²) >= 11 is 16.1. The molecule has 2 aromatic carbocycles. The summed E-state index contributed by atoms with van der Waals surface area (Å²) in [5, 5.41) is 3.61. The molecule has 0 aliphatic carbocycles. The lowest BCUT2D eigenvalue weighted by Crippen LogP contribution is -2.53. The van der Waals surface area contributed by atoms with Crippen LogP contribution in [0, 0.1) is 0 Å². The van der Waals surface area contributed by atoms with E-state index in [2.05, 4.69) is 21.2 Å². The molecule has 2 amide bonds. The number of nitrogens with one attached hydrogen (secondary N) is 1. The van der Waals surface area contributed by atoms with Crippen LogP contribution in [-0.2, 0) is 26.2 Å². The number of halogens is 3. The van der Waals surface area contributed by atoms with E-state index in [0.29, 0.717) is 32.2 Å². The smallest absolute Gasteiger partial charge is 0.244 e. The van der Waals surface area contributed by atoms with Crippen LogP contribution in [0.1, 0.15) is 39.2 Å². The van der Waals surface area contributed by atoms with Gasteiger partial charge in [0.2, 0.25) is 21.8 Å². The summed E-state index contributed by atoms with van der Waals surface area (Å²) in [6.07, 6.45) is 2.06. The molecular formula is C24H30BrCl2N3O4S. The number of para-hydroxylation sites is 1. The van der Waals surface area contributed by atoms with Crippen molar-refractivity contribution < 1.29 is 18.0 Å². The molecule has 0 saturated carbocycles. The highest BCUT2D eigenvalue weighted by Gasteiger charge is 2.33. The minimum Gasteiger partial charge on any atom is -0.352 e. The molecule has 11 heteroatoms. The summed E-state index contributed by atoms with van der Waals surface area (Å²) in [4.78, 5) is 28.2. The Morgan fingerprint density at radius 3 is 2.14 bits per heavy atom. The van der Waals surface area contributed by atoms with Crippen molar-refractivity contribution in [2.45, 2.75) is 52.2 Å². The second kappa shape index (κ2) is 12.9. The van der Waals surface area contributed by atoms with Gasteiger partial charge in [-0.25, -0.2) is 8.42 Å². The van der Waals surface area contributed by atoms with E-state index < -0.39 is 28.5 Å². The van der Waals surface area contributed by atoms with E-state index in [0.717, 1.165) is 17.0 Å². The highest BCUT2D eigenvalue weighted by molar-refractivity contribution is 9.10. The number of hydrogen-bond acceptors (Lipinski definition) is 4. The second-order valence-corrected chi connectivity index (χ2v) is 11.8. The van der Waals surface area contributed by atoms with Gasteiger partial charge in [0.05, 0.1) is 11.9 Å². The number of carbonyl (C=O) groups excluding carboxylic acids is 2. The predicted octanol–water partition coefficient (Wildman–Crippen LogP) is 5.24. The monoisotopic (exact) mass is 605 g/mol. The third-order valence-corrected chi connectivity index (χ3v) is 8.08. The van der Waals surface area contributed by atoms with Gasteiger partial charge >= 0.3 is 0 Å². The van der Waals surface area contributed by atoms with Crippen LogP contribution < -0.4 is 9.62 Å². The molecule has 0 aliphatic heterocycles. The summed E-state index contributed by atoms with van der Waals surface area (Å²) in [7, 11) is -3.83. The molecule has 0 saturated heterocycles. The Bertz CT molecular complexity index is 1140. The molecule has 2 rings (SSSR count). The first-order valence-corrected chi connectivity index (χ1v) is 14.5. The molecule has 1 N–H and O–H groups in total. The summed E-state index contributed by atoms with van der Waals surface area (Å²) in [6.45, 7) is 5.05. The van der Waals surface area contributed by atoms with Crippen LogP contribution in [0.2, 0.25) is 10.0 Å². The zero-order valence-corrected chi connectivity index (χ0v) is 24.0. The molecule has 0 bridgehead atoms. The average Bonchev–Trinajstić information content (AvgIpc) is 2.78. The second-order valence-electron chi connectivity index (χ2n) is 8.18. The van der Waals surface area contributed by atoms with Gasteiger partial charge in [0.25, 0.3) is 0 Å². The fraction of sp³-hybridized carbons (Fsp3) is 0.417. The topological polar surface area (TPSA) is 86.8 Å². The molecule has 0 spiro atoms. The number of hydrogen-bond donors (Lipinski definition) is 1. The van der Waals surface area contributed by atoms with Gasteiger partial charge < -0.3 is 10.2 Å². The van der Waals surface area contributed by atoms with Gasteiger partial charge in [-0.15, -0.1) is 0 Å². The summed E-state index contributed by atoms with van der Waals surface area (Å²) in [5.74, 6) is -0.890. The van der Waals surface area contributed by atoms with Crippen molar-refractivity contribution in [1.82, 2.24) is 10.2 Å². The number of benzene rings is 2. The Morgan fingerprint density at radius 2 is 1.63 bits per heavy atom. The molecule has 2 aromatic rings. The van der Waals surface area contributed by atoms with Gasteiger partial charge in [0, 0.05) is 32.7 Å². The van der Waals surface area contributed by atoms with E-state index in [1.807, 2.05) is 13.8 Å². The Labute approximate surface area is 225 Å². The van der Waals surface area contributed by atoms with Gasteiger partial charge in [-0.2, -0.15) is 0 Å². The van der Waals surface area contributed by atoms with E-state index in [1.54, 1.807) is 49.4 Å². The molecule has 192 valence electrons. The van der Waals surface area contributed by atoms with Crippen molar-refractivity contribution in [2.75, 3.05) is 17.1 Å². The van der Waals surface area contributed by atoms with Crippen molar-refractivity contribution in [3.05, 3.63) is 62.5 Å². The number of sulfonamides is 1. The van der Waals surface area contributed by atoms with E-state index in [1.165, 1.54) is 4.90 Å². The van der Waals surface area contributed by atoms with Crippen LogP contribution in [0.15, 0.2) is 46.9 Å². The molecule has 0 unspecified atom stereocenters. The molecule has 0 radical (unpaired) electrons. The molecular weight excluding hydrogens is 577 g/mol. The van der Waals surface area contributed by atoms with Crippen LogP contribution in [0.25, 0.3) is 0 Å². The standard InChI is InChI=1S/C24H30BrCl2N3O4S/c1-5-16(3)28-24(32)21(6-2)29(14-17-19(26)11-9-12-20(17)27)23(31)15-30(35(4,33)34)22-13-8-7-10-18(22)25/h7-13,16,21H,5-6,14-15H2,1-4H3,(H,28,32)/t16-,21-/m1/s1. The van der Waals surface area contributed by atoms with Crippen molar-refractivity contribution in [3.63, 3.8) is 0 Å². The zero-order valence-electron chi connectivity index (χ0n) is 20.1. The number of nitrogens with zero attached hydrogens (tertiary/aromatic N) is 2. The number of anilines is 1. The predicted molar refractivity (Wildman–Crippen MR) is 145 cm³/mol. The highest BCUT2D eigenvalue weighted by atomic mass is 79.9. The molecule has 7 nitrogen and oxygen atoms in total. The van der Waals surface area contributed by atoms with Crippen LogP contribution in [0.5, 0.6) is 0 Å². The number of carbonyl (C=O) groups is 2. The Kier molecular flexibility index (Phi) is 10.9. The fourth-order valence-electron chi connectivity index (χ4n) is 3.46. The third kappa shape index (κ3) is 7.84. The normalized spacial score (nSPS) is 13.1. The van der Waals surface area contributed by atoms with Crippen molar-refractivity contribution in [1.29, 1.82) is 0 Å². The van der Waals surface area contributed by atoms with Gasteiger partial charge in [-0.1, -0.05) is 55.2 Å². The molecule has 2 atom stereocenters. The minimum atomic E-state index is -3.83. The van der Waals surface area contributed by atoms with E-state index in [4.69, 9.17) is 23.2 Å². The summed E-state index contributed by atoms with van der Waals surface area (Å²) in [5.41, 5.74) is 0.793. The highest BCUT2D eigenvalue weighted by Crippen LogP contribution is 2.30. The quantitative estimate of drug-likeness (QED) is 0.379. The first-order chi connectivity index (χ1) is 16.4. The zero-order chi connectivity index (χ0) is 26.3. The van der Waals surface area contributed by atoms with Crippen LogP contribution in [-0.4, -0.2) is 50.0 Å². The van der Waals surface area contributed by atoms with E-state index in [-0.39, 0.29) is 18.5 Å². The van der Waals surface area contributed by atoms with Crippen LogP contribution in [0.4, 0.5) is 5.69 Å². The average molecular weight is 607 g/mol. The lowest BCUT2D eigenvalue weighted by molar-refractivity contribution is -0.140. The minimum absolute atomic E-state index is 0.0582. The first kappa shape index (κ1) is 29.4. The Balaban J connectivity index is 2.52. The van der Waals surface area contributed by atoms with Crippen LogP contribution in [0.3, 0.4) is 0 Å². The van der Waals surface area contributed by atoms with E-state index >= 15 is 0 Å². The van der Waals surface area contributed by atoms with E-state index in [9.17, 15) is 18.0 Å². The molecule has 35 heavy (non-hydrogen) atoms. The maximum atomic E-state index is 13.7. The van der Waals surface area contributed by atoms with Gasteiger partial charge in [0.15, 0.2) is 0 Å². The molecule has 0 aromatic heterocycles. The fourth-order valence-corrected chi connectivity index (χ4v) is 5.46. The van der Waals surface area contributed by atoms with Gasteiger partial charge in [-0.3, -0.25) is 13.9 Å². The molecule has 0 aliphatic rings. The molecule has 0 fully saturated rings. The van der Waals surface area contributed by atoms with Gasteiger partial charge in [0.1, 0.15) is 12.6 Å². The van der Waals surface area contributed by atoms with Gasteiger partial charge in [-0.05, 0) is 60.0 Å².